The number of aliphatic hydroxyl groups is 1. The summed E-state index contributed by atoms with van der Waals surface area (Å²) >= 11 is 0. The van der Waals surface area contributed by atoms with Crippen molar-refractivity contribution in [2.45, 2.75) is 45.0 Å². The number of fused-ring (bicyclic) bond motifs is 1. The molecule has 0 bridgehead atoms. The van der Waals surface area contributed by atoms with Crippen LogP contribution in [0.25, 0.3) is 11.2 Å². The molecule has 1 aliphatic heterocycles. The van der Waals surface area contributed by atoms with Crippen molar-refractivity contribution < 1.29 is 5.11 Å². The SMILES string of the molecule is OCc1nc2cccnc2n1C[C@@H]1CCCCN1Cc1ccccc1. The van der Waals surface area contributed by atoms with Crippen LogP contribution < -0.4 is 0 Å². The van der Waals surface area contributed by atoms with Gasteiger partial charge in [-0.3, -0.25) is 4.90 Å². The molecule has 0 spiro atoms. The van der Waals surface area contributed by atoms with Gasteiger partial charge in [-0.15, -0.1) is 0 Å². The van der Waals surface area contributed by atoms with Crippen molar-refractivity contribution in [3.8, 4) is 0 Å². The first-order valence-corrected chi connectivity index (χ1v) is 9.04. The quantitative estimate of drug-likeness (QED) is 0.778. The minimum atomic E-state index is -0.0538. The molecule has 0 saturated carbocycles. The summed E-state index contributed by atoms with van der Waals surface area (Å²) in [7, 11) is 0. The van der Waals surface area contributed by atoms with Gasteiger partial charge in [0.15, 0.2) is 5.65 Å². The minimum absolute atomic E-state index is 0.0538. The Labute approximate surface area is 147 Å². The summed E-state index contributed by atoms with van der Waals surface area (Å²) in [5, 5.41) is 9.73. The van der Waals surface area contributed by atoms with Crippen molar-refractivity contribution in [3.05, 3.63) is 60.0 Å². The Morgan fingerprint density at radius 2 is 1.96 bits per heavy atom. The molecule has 130 valence electrons. The fraction of sp³-hybridized carbons (Fsp3) is 0.400. The Balaban J connectivity index is 1.59. The molecule has 1 aromatic carbocycles. The lowest BCUT2D eigenvalue weighted by Gasteiger charge is -2.36. The van der Waals surface area contributed by atoms with Crippen LogP contribution in [0.4, 0.5) is 0 Å². The number of piperidine rings is 1. The summed E-state index contributed by atoms with van der Waals surface area (Å²) in [6.07, 6.45) is 5.47. The van der Waals surface area contributed by atoms with Gasteiger partial charge < -0.3 is 9.67 Å². The molecule has 25 heavy (non-hydrogen) atoms. The predicted octanol–water partition coefficient (Wildman–Crippen LogP) is 2.98. The zero-order chi connectivity index (χ0) is 17.1. The third-order valence-electron chi connectivity index (χ3n) is 5.10. The van der Waals surface area contributed by atoms with Gasteiger partial charge in [-0.05, 0) is 37.1 Å². The van der Waals surface area contributed by atoms with E-state index in [-0.39, 0.29) is 6.61 Å². The third-order valence-corrected chi connectivity index (χ3v) is 5.10. The number of aromatic nitrogens is 3. The first-order chi connectivity index (χ1) is 12.3. The van der Waals surface area contributed by atoms with E-state index in [1.165, 1.54) is 24.8 Å². The van der Waals surface area contributed by atoms with Crippen molar-refractivity contribution in [2.75, 3.05) is 6.54 Å². The van der Waals surface area contributed by atoms with Gasteiger partial charge >= 0.3 is 0 Å². The molecular weight excluding hydrogens is 312 g/mol. The third kappa shape index (κ3) is 3.43. The van der Waals surface area contributed by atoms with E-state index in [2.05, 4.69) is 49.8 Å². The topological polar surface area (TPSA) is 54.2 Å². The van der Waals surface area contributed by atoms with E-state index in [4.69, 9.17) is 0 Å². The normalized spacial score (nSPS) is 18.7. The van der Waals surface area contributed by atoms with Gasteiger partial charge in [0, 0.05) is 25.3 Å². The first-order valence-electron chi connectivity index (χ1n) is 9.04. The molecule has 5 nitrogen and oxygen atoms in total. The Morgan fingerprint density at radius 1 is 1.08 bits per heavy atom. The van der Waals surface area contributed by atoms with Crippen molar-refractivity contribution in [2.24, 2.45) is 0 Å². The summed E-state index contributed by atoms with van der Waals surface area (Å²) in [4.78, 5) is 11.6. The maximum Gasteiger partial charge on any atom is 0.160 e. The van der Waals surface area contributed by atoms with Gasteiger partial charge in [0.1, 0.15) is 17.9 Å². The van der Waals surface area contributed by atoms with E-state index in [1.807, 2.05) is 12.1 Å². The van der Waals surface area contributed by atoms with Crippen LogP contribution in [0, 0.1) is 0 Å². The van der Waals surface area contributed by atoms with Gasteiger partial charge in [-0.2, -0.15) is 0 Å². The van der Waals surface area contributed by atoms with Crippen molar-refractivity contribution in [3.63, 3.8) is 0 Å². The summed E-state index contributed by atoms with van der Waals surface area (Å²) in [6.45, 7) is 2.87. The predicted molar refractivity (Wildman–Crippen MR) is 97.9 cm³/mol. The number of hydrogen-bond acceptors (Lipinski definition) is 4. The van der Waals surface area contributed by atoms with E-state index < -0.39 is 0 Å². The van der Waals surface area contributed by atoms with Gasteiger partial charge in [-0.1, -0.05) is 36.8 Å². The number of nitrogens with zero attached hydrogens (tertiary/aromatic N) is 4. The molecule has 4 rings (SSSR count). The van der Waals surface area contributed by atoms with Crippen LogP contribution in [-0.2, 0) is 19.7 Å². The lowest BCUT2D eigenvalue weighted by Crippen LogP contribution is -2.41. The van der Waals surface area contributed by atoms with Crippen LogP contribution in [0.2, 0.25) is 0 Å². The van der Waals surface area contributed by atoms with Crippen molar-refractivity contribution in [1.82, 2.24) is 19.4 Å². The Hall–Kier alpha value is -2.24. The second-order valence-electron chi connectivity index (χ2n) is 6.75. The molecule has 1 saturated heterocycles. The number of likely N-dealkylation sites (tertiary alicyclic amines) is 1. The molecule has 2 aromatic heterocycles. The van der Waals surface area contributed by atoms with Crippen LogP contribution in [0.15, 0.2) is 48.7 Å². The summed E-state index contributed by atoms with van der Waals surface area (Å²) in [6, 6.07) is 14.9. The number of rotatable bonds is 5. The van der Waals surface area contributed by atoms with Gasteiger partial charge in [0.25, 0.3) is 0 Å². The zero-order valence-corrected chi connectivity index (χ0v) is 14.4. The van der Waals surface area contributed by atoms with Crippen molar-refractivity contribution >= 4 is 11.2 Å². The van der Waals surface area contributed by atoms with Crippen LogP contribution >= 0.6 is 0 Å². The molecule has 5 heteroatoms. The van der Waals surface area contributed by atoms with Crippen LogP contribution in [0.1, 0.15) is 30.7 Å². The Morgan fingerprint density at radius 3 is 2.80 bits per heavy atom. The highest BCUT2D eigenvalue weighted by Crippen LogP contribution is 2.23. The van der Waals surface area contributed by atoms with Gasteiger partial charge in [-0.25, -0.2) is 9.97 Å². The Kier molecular flexibility index (Phi) is 4.76. The van der Waals surface area contributed by atoms with Gasteiger partial charge in [0.05, 0.1) is 0 Å². The molecule has 0 radical (unpaired) electrons. The maximum atomic E-state index is 9.73. The van der Waals surface area contributed by atoms with Crippen LogP contribution in [0.3, 0.4) is 0 Å². The van der Waals surface area contributed by atoms with E-state index in [9.17, 15) is 5.11 Å². The molecule has 1 atom stereocenters. The van der Waals surface area contributed by atoms with Crippen LogP contribution in [-0.4, -0.2) is 37.1 Å². The summed E-state index contributed by atoms with van der Waals surface area (Å²) < 4.78 is 2.10. The number of benzene rings is 1. The molecular formula is C20H24N4O. The maximum absolute atomic E-state index is 9.73. The monoisotopic (exact) mass is 336 g/mol. The second-order valence-corrected chi connectivity index (χ2v) is 6.75. The lowest BCUT2D eigenvalue weighted by atomic mass is 10.0. The Bertz CT molecular complexity index is 830. The fourth-order valence-electron chi connectivity index (χ4n) is 3.82. The van der Waals surface area contributed by atoms with Crippen LogP contribution in [0.5, 0.6) is 0 Å². The number of aliphatic hydroxyl groups excluding tert-OH is 1. The molecule has 1 N–H and O–H groups in total. The number of pyridine rings is 1. The van der Waals surface area contributed by atoms with E-state index in [0.29, 0.717) is 11.9 Å². The lowest BCUT2D eigenvalue weighted by molar-refractivity contribution is 0.123. The highest BCUT2D eigenvalue weighted by Gasteiger charge is 2.24. The average Bonchev–Trinajstić information content (AvgIpc) is 3.02. The molecule has 1 aliphatic rings. The summed E-state index contributed by atoms with van der Waals surface area (Å²) in [5.74, 6) is 0.707. The van der Waals surface area contributed by atoms with Crippen molar-refractivity contribution in [1.29, 1.82) is 0 Å². The molecule has 0 aliphatic carbocycles. The van der Waals surface area contributed by atoms with E-state index >= 15 is 0 Å². The number of imidazole rings is 1. The standard InChI is InChI=1S/C20H24N4O/c25-15-19-22-18-10-6-11-21-20(18)24(19)14-17-9-4-5-12-23(17)13-16-7-2-1-3-8-16/h1-3,6-8,10-11,17,25H,4-5,9,12-15H2/t17-/m0/s1. The minimum Gasteiger partial charge on any atom is -0.388 e. The highest BCUT2D eigenvalue weighted by atomic mass is 16.3. The smallest absolute Gasteiger partial charge is 0.160 e. The summed E-state index contributed by atoms with van der Waals surface area (Å²) in [5.41, 5.74) is 3.08. The molecule has 3 heterocycles. The zero-order valence-electron chi connectivity index (χ0n) is 14.4. The van der Waals surface area contributed by atoms with E-state index in [1.54, 1.807) is 6.20 Å². The number of hydrogen-bond donors (Lipinski definition) is 1. The van der Waals surface area contributed by atoms with E-state index in [0.717, 1.165) is 30.8 Å². The highest BCUT2D eigenvalue weighted by molar-refractivity contribution is 5.71. The average molecular weight is 336 g/mol. The fourth-order valence-corrected chi connectivity index (χ4v) is 3.82. The second kappa shape index (κ2) is 7.33. The van der Waals surface area contributed by atoms with Gasteiger partial charge in [0.2, 0.25) is 0 Å². The molecule has 3 aromatic rings. The largest absolute Gasteiger partial charge is 0.388 e. The molecule has 0 amide bonds. The molecule has 0 unspecified atom stereocenters. The molecule has 1 fully saturated rings. The first kappa shape index (κ1) is 16.2.